The average molecular weight is 727 g/mol. The third-order valence-corrected chi connectivity index (χ3v) is 11.8. The van der Waals surface area contributed by atoms with Crippen LogP contribution in [0.3, 0.4) is 0 Å². The van der Waals surface area contributed by atoms with Gasteiger partial charge in [0.25, 0.3) is 0 Å². The van der Waals surface area contributed by atoms with Crippen LogP contribution in [0.25, 0.3) is 55.2 Å². The Bertz CT molecular complexity index is 2910. The summed E-state index contributed by atoms with van der Waals surface area (Å²) >= 11 is 0. The fourth-order valence-electron chi connectivity index (χ4n) is 9.35. The molecule has 9 aromatic carbocycles. The van der Waals surface area contributed by atoms with Crippen LogP contribution >= 0.6 is 0 Å². The minimum Gasteiger partial charge on any atom is -0.322 e. The van der Waals surface area contributed by atoms with Crippen molar-refractivity contribution >= 4 is 38.9 Å². The third-order valence-electron chi connectivity index (χ3n) is 11.8. The monoisotopic (exact) mass is 726 g/mol. The first-order valence-corrected chi connectivity index (χ1v) is 19.7. The fraction of sp³-hybridized carbons (Fsp3) is 0.0182. The molecule has 1 aromatic heterocycles. The van der Waals surface area contributed by atoms with E-state index in [4.69, 9.17) is 0 Å². The van der Waals surface area contributed by atoms with Crippen LogP contribution in [0.4, 0.5) is 17.1 Å². The molecule has 2 nitrogen and oxygen atoms in total. The molecule has 0 spiro atoms. The van der Waals surface area contributed by atoms with Crippen LogP contribution in [0.2, 0.25) is 0 Å². The largest absolute Gasteiger partial charge is 0.322 e. The molecular weight excluding hydrogens is 689 g/mol. The summed E-state index contributed by atoms with van der Waals surface area (Å²) < 4.78 is 2.64. The predicted molar refractivity (Wildman–Crippen MR) is 239 cm³/mol. The second-order valence-electron chi connectivity index (χ2n) is 14.9. The van der Waals surface area contributed by atoms with E-state index in [1.165, 1.54) is 71.9 Å². The van der Waals surface area contributed by atoms with Gasteiger partial charge in [-0.15, -0.1) is 0 Å². The van der Waals surface area contributed by atoms with E-state index < -0.39 is 5.54 Å². The van der Waals surface area contributed by atoms with E-state index >= 15 is 0 Å². The molecule has 2 heteroatoms. The maximum atomic E-state index is 2.64. The summed E-state index contributed by atoms with van der Waals surface area (Å²) in [6.07, 6.45) is 0. The van der Waals surface area contributed by atoms with Crippen LogP contribution < -0.4 is 4.90 Å². The molecule has 0 fully saturated rings. The van der Waals surface area contributed by atoms with Gasteiger partial charge < -0.3 is 9.47 Å². The highest BCUT2D eigenvalue weighted by Crippen LogP contribution is 2.56. The predicted octanol–water partition coefficient (Wildman–Crippen LogP) is 14.4. The molecule has 0 unspecified atom stereocenters. The average Bonchev–Trinajstić information content (AvgIpc) is 3.78. The molecule has 0 radical (unpaired) electrons. The zero-order valence-electron chi connectivity index (χ0n) is 31.3. The first kappa shape index (κ1) is 33.0. The minimum absolute atomic E-state index is 0.617. The van der Waals surface area contributed by atoms with E-state index in [-0.39, 0.29) is 0 Å². The number of aromatic nitrogens is 1. The second kappa shape index (κ2) is 13.4. The quantitative estimate of drug-likeness (QED) is 0.159. The molecule has 57 heavy (non-hydrogen) atoms. The molecule has 0 N–H and O–H groups in total. The Labute approximate surface area is 333 Å². The molecule has 0 amide bonds. The molecule has 0 atom stereocenters. The number of nitrogens with zero attached hydrogens (tertiary/aromatic N) is 2. The van der Waals surface area contributed by atoms with Crippen molar-refractivity contribution in [3.63, 3.8) is 0 Å². The van der Waals surface area contributed by atoms with E-state index in [1.54, 1.807) is 0 Å². The SMILES string of the molecule is c1ccc(-c2ccc(N(c3ccc(-c4ccccc4)cc3)c3ccc4c5ccccc5n(C5(c6ccccc6)c6ccccc6-c6ccccc65)c4c3)cc2)cc1. The number of hydrogen-bond acceptors (Lipinski definition) is 1. The van der Waals surface area contributed by atoms with Crippen molar-refractivity contribution in [2.75, 3.05) is 4.90 Å². The lowest BCUT2D eigenvalue weighted by atomic mass is 9.80. The molecular formula is C55H38N2. The molecule has 268 valence electrons. The first-order valence-electron chi connectivity index (χ1n) is 19.7. The highest BCUT2D eigenvalue weighted by atomic mass is 15.1. The lowest BCUT2D eigenvalue weighted by Gasteiger charge is -2.36. The normalized spacial score (nSPS) is 12.7. The van der Waals surface area contributed by atoms with Crippen molar-refractivity contribution in [2.24, 2.45) is 0 Å². The van der Waals surface area contributed by atoms with Gasteiger partial charge >= 0.3 is 0 Å². The van der Waals surface area contributed by atoms with Gasteiger partial charge in [-0.1, -0.05) is 188 Å². The van der Waals surface area contributed by atoms with Crippen LogP contribution in [0.15, 0.2) is 231 Å². The second-order valence-corrected chi connectivity index (χ2v) is 14.9. The molecule has 11 rings (SSSR count). The van der Waals surface area contributed by atoms with Crippen LogP contribution in [0.5, 0.6) is 0 Å². The van der Waals surface area contributed by atoms with Crippen molar-refractivity contribution in [1.29, 1.82) is 0 Å². The van der Waals surface area contributed by atoms with Crippen molar-refractivity contribution in [3.8, 4) is 33.4 Å². The molecule has 0 bridgehead atoms. The molecule has 1 heterocycles. The summed E-state index contributed by atoms with van der Waals surface area (Å²) in [6, 6.07) is 84.2. The lowest BCUT2D eigenvalue weighted by Crippen LogP contribution is -2.35. The number of fused-ring (bicyclic) bond motifs is 6. The van der Waals surface area contributed by atoms with Gasteiger partial charge in [0.2, 0.25) is 0 Å². The highest BCUT2D eigenvalue weighted by Gasteiger charge is 2.47. The summed E-state index contributed by atoms with van der Waals surface area (Å²) in [4.78, 5) is 2.40. The van der Waals surface area contributed by atoms with Crippen LogP contribution in [-0.4, -0.2) is 4.57 Å². The van der Waals surface area contributed by atoms with Crippen molar-refractivity contribution in [3.05, 3.63) is 247 Å². The number of para-hydroxylation sites is 1. The molecule has 1 aliphatic carbocycles. The summed E-state index contributed by atoms with van der Waals surface area (Å²) in [5.74, 6) is 0. The van der Waals surface area contributed by atoms with Crippen molar-refractivity contribution in [1.82, 2.24) is 4.57 Å². The fourth-order valence-corrected chi connectivity index (χ4v) is 9.35. The van der Waals surface area contributed by atoms with Gasteiger partial charge in [-0.3, -0.25) is 0 Å². The van der Waals surface area contributed by atoms with E-state index in [9.17, 15) is 0 Å². The number of benzene rings is 9. The van der Waals surface area contributed by atoms with Gasteiger partial charge in [0.1, 0.15) is 5.54 Å². The van der Waals surface area contributed by atoms with Gasteiger partial charge in [-0.2, -0.15) is 0 Å². The Hall–Kier alpha value is -7.42. The summed E-state index contributed by atoms with van der Waals surface area (Å²) in [7, 11) is 0. The zero-order chi connectivity index (χ0) is 37.8. The maximum absolute atomic E-state index is 2.64. The summed E-state index contributed by atoms with van der Waals surface area (Å²) in [6.45, 7) is 0. The van der Waals surface area contributed by atoms with Crippen LogP contribution in [-0.2, 0) is 5.54 Å². The maximum Gasteiger partial charge on any atom is 0.122 e. The Balaban J connectivity index is 1.18. The summed E-state index contributed by atoms with van der Waals surface area (Å²) in [5, 5.41) is 2.47. The van der Waals surface area contributed by atoms with Gasteiger partial charge in [0.05, 0.1) is 11.0 Å². The smallest absolute Gasteiger partial charge is 0.122 e. The molecule has 1 aliphatic rings. The van der Waals surface area contributed by atoms with Crippen LogP contribution in [0, 0.1) is 0 Å². The van der Waals surface area contributed by atoms with E-state index in [1.807, 2.05) is 0 Å². The van der Waals surface area contributed by atoms with E-state index in [0.29, 0.717) is 0 Å². The molecule has 0 aliphatic heterocycles. The Morgan fingerprint density at radius 3 is 1.30 bits per heavy atom. The number of hydrogen-bond donors (Lipinski definition) is 0. The molecule has 10 aromatic rings. The van der Waals surface area contributed by atoms with Gasteiger partial charge in [-0.05, 0) is 92.5 Å². The highest BCUT2D eigenvalue weighted by molar-refractivity contribution is 6.10. The van der Waals surface area contributed by atoms with Gasteiger partial charge in [0, 0.05) is 27.8 Å². The van der Waals surface area contributed by atoms with Gasteiger partial charge in [0.15, 0.2) is 0 Å². The van der Waals surface area contributed by atoms with Gasteiger partial charge in [-0.25, -0.2) is 0 Å². The number of rotatable bonds is 7. The van der Waals surface area contributed by atoms with E-state index in [0.717, 1.165) is 17.1 Å². The molecule has 0 saturated carbocycles. The van der Waals surface area contributed by atoms with E-state index in [2.05, 4.69) is 240 Å². The standard InChI is InChI=1S/C55H38N2/c1-4-16-39(17-5-1)41-28-32-44(33-29-41)56(45-34-30-42(31-35-45)40-18-6-2-7-19-40)46-36-37-50-49-24-12-15-27-53(49)57(54(50)38-46)55(43-20-8-3-9-21-43)51-25-13-10-22-47(51)48-23-11-14-26-52(48)55/h1-38H. The first-order chi connectivity index (χ1) is 28.3. The topological polar surface area (TPSA) is 8.17 Å². The Morgan fingerprint density at radius 1 is 0.316 bits per heavy atom. The summed E-state index contributed by atoms with van der Waals surface area (Å²) in [5.41, 5.74) is 16.2. The zero-order valence-corrected chi connectivity index (χ0v) is 31.3. The number of anilines is 3. The Kier molecular flexibility index (Phi) is 7.75. The van der Waals surface area contributed by atoms with Crippen molar-refractivity contribution < 1.29 is 0 Å². The third kappa shape index (κ3) is 5.18. The Morgan fingerprint density at radius 2 is 0.737 bits per heavy atom. The van der Waals surface area contributed by atoms with Crippen molar-refractivity contribution in [2.45, 2.75) is 5.54 Å². The van der Waals surface area contributed by atoms with Crippen LogP contribution in [0.1, 0.15) is 16.7 Å². The minimum atomic E-state index is -0.617. The molecule has 0 saturated heterocycles. The lowest BCUT2D eigenvalue weighted by molar-refractivity contribution is 0.564.